The minimum atomic E-state index is 0.509. The third-order valence-electron chi connectivity index (χ3n) is 6.16. The fraction of sp³-hybridized carbons (Fsp3) is 0.542. The molecule has 1 fully saturated rings. The van der Waals surface area contributed by atoms with Crippen molar-refractivity contribution in [1.29, 1.82) is 0 Å². The zero-order valence-electron chi connectivity index (χ0n) is 17.7. The average Bonchev–Trinajstić information content (AvgIpc) is 2.76. The molecule has 5 nitrogen and oxygen atoms in total. The Balaban J connectivity index is 1.35. The number of fused-ring (bicyclic) bond motifs is 1. The van der Waals surface area contributed by atoms with E-state index < -0.39 is 0 Å². The predicted octanol–water partition coefficient (Wildman–Crippen LogP) is 2.20. The summed E-state index contributed by atoms with van der Waals surface area (Å²) in [6.07, 6.45) is 4.32. The van der Waals surface area contributed by atoms with Crippen LogP contribution in [0.2, 0.25) is 0 Å². The molecule has 5 heteroatoms. The highest BCUT2D eigenvalue weighted by atomic mass is 15.2. The second-order valence-electron chi connectivity index (χ2n) is 8.56. The zero-order chi connectivity index (χ0) is 19.9. The Hall–Kier alpha value is -1.79. The van der Waals surface area contributed by atoms with Crippen molar-refractivity contribution in [2.45, 2.75) is 38.9 Å². The minimum absolute atomic E-state index is 0.509. The van der Waals surface area contributed by atoms with Gasteiger partial charge >= 0.3 is 0 Å². The summed E-state index contributed by atoms with van der Waals surface area (Å²) in [7, 11) is 0. The molecule has 1 saturated heterocycles. The molecule has 1 unspecified atom stereocenters. The lowest BCUT2D eigenvalue weighted by atomic mass is 9.95. The lowest BCUT2D eigenvalue weighted by molar-refractivity contribution is 0.192. The highest BCUT2D eigenvalue weighted by molar-refractivity contribution is 5.30. The topological polar surface area (TPSA) is 43.4 Å². The van der Waals surface area contributed by atoms with Crippen LogP contribution < -0.4 is 10.6 Å². The summed E-state index contributed by atoms with van der Waals surface area (Å²) in [6, 6.07) is 13.7. The number of rotatable bonds is 8. The Kier molecular flexibility index (Phi) is 7.28. The van der Waals surface area contributed by atoms with Gasteiger partial charge in [0.2, 0.25) is 0 Å². The normalized spacial score (nSPS) is 20.0. The first-order valence-electron chi connectivity index (χ1n) is 11.1. The monoisotopic (exact) mass is 393 g/mol. The summed E-state index contributed by atoms with van der Waals surface area (Å²) in [5.74, 6) is 0. The van der Waals surface area contributed by atoms with Gasteiger partial charge < -0.3 is 15.5 Å². The van der Waals surface area contributed by atoms with E-state index in [1.807, 2.05) is 6.20 Å². The molecule has 2 N–H and O–H groups in total. The molecule has 1 aromatic carbocycles. The molecule has 2 aromatic rings. The van der Waals surface area contributed by atoms with Crippen LogP contribution in [0.3, 0.4) is 0 Å². The third kappa shape index (κ3) is 6.09. The predicted molar refractivity (Wildman–Crippen MR) is 119 cm³/mol. The number of aromatic nitrogens is 1. The van der Waals surface area contributed by atoms with Gasteiger partial charge in [0.05, 0.1) is 5.69 Å². The van der Waals surface area contributed by atoms with Crippen LogP contribution in [0.1, 0.15) is 28.8 Å². The van der Waals surface area contributed by atoms with E-state index in [2.05, 4.69) is 68.7 Å². The van der Waals surface area contributed by atoms with Crippen molar-refractivity contribution in [3.63, 3.8) is 0 Å². The molecule has 0 spiro atoms. The first-order valence-corrected chi connectivity index (χ1v) is 11.1. The molecule has 29 heavy (non-hydrogen) atoms. The number of pyridine rings is 1. The van der Waals surface area contributed by atoms with Gasteiger partial charge in [-0.05, 0) is 55.6 Å². The standard InChI is InChI=1S/C24H35N5/c1-20-7-8-23(26-16-20)18-29(12-4-11-28-13-9-25-10-14-28)19-24-15-21-5-2-3-6-22(21)17-27-24/h2-3,5-8,16,24-25,27H,4,9-15,17-19H2,1H3. The molecule has 2 aliphatic rings. The van der Waals surface area contributed by atoms with Gasteiger partial charge in [-0.2, -0.15) is 0 Å². The maximum atomic E-state index is 4.66. The summed E-state index contributed by atoms with van der Waals surface area (Å²) < 4.78 is 0. The van der Waals surface area contributed by atoms with Crippen LogP contribution in [0, 0.1) is 6.92 Å². The van der Waals surface area contributed by atoms with Crippen molar-refractivity contribution in [1.82, 2.24) is 25.4 Å². The molecule has 0 saturated carbocycles. The number of hydrogen-bond acceptors (Lipinski definition) is 5. The van der Waals surface area contributed by atoms with Gasteiger partial charge in [-0.25, -0.2) is 0 Å². The Morgan fingerprint density at radius 2 is 1.93 bits per heavy atom. The molecule has 0 bridgehead atoms. The maximum Gasteiger partial charge on any atom is 0.0544 e. The van der Waals surface area contributed by atoms with Gasteiger partial charge in [-0.1, -0.05) is 30.3 Å². The number of piperazine rings is 1. The van der Waals surface area contributed by atoms with Crippen molar-refractivity contribution in [3.8, 4) is 0 Å². The van der Waals surface area contributed by atoms with Crippen LogP contribution in [-0.4, -0.2) is 66.6 Å². The van der Waals surface area contributed by atoms with Crippen molar-refractivity contribution in [2.75, 3.05) is 45.8 Å². The van der Waals surface area contributed by atoms with E-state index in [0.29, 0.717) is 6.04 Å². The molecule has 0 radical (unpaired) electrons. The van der Waals surface area contributed by atoms with Gasteiger partial charge in [0, 0.05) is 58.1 Å². The van der Waals surface area contributed by atoms with Gasteiger partial charge in [0.25, 0.3) is 0 Å². The molecular weight excluding hydrogens is 358 g/mol. The molecule has 156 valence electrons. The van der Waals surface area contributed by atoms with Crippen molar-refractivity contribution in [2.24, 2.45) is 0 Å². The summed E-state index contributed by atoms with van der Waals surface area (Å²) in [4.78, 5) is 9.86. The van der Waals surface area contributed by atoms with Crippen LogP contribution in [0.15, 0.2) is 42.6 Å². The lowest BCUT2D eigenvalue weighted by Gasteiger charge is -2.32. The van der Waals surface area contributed by atoms with E-state index in [4.69, 9.17) is 0 Å². The van der Waals surface area contributed by atoms with Gasteiger partial charge in [0.1, 0.15) is 0 Å². The number of nitrogens with one attached hydrogen (secondary N) is 2. The van der Waals surface area contributed by atoms with E-state index >= 15 is 0 Å². The first-order chi connectivity index (χ1) is 14.3. The average molecular weight is 394 g/mol. The summed E-state index contributed by atoms with van der Waals surface area (Å²) >= 11 is 0. The molecule has 1 aromatic heterocycles. The van der Waals surface area contributed by atoms with E-state index in [0.717, 1.165) is 45.7 Å². The maximum absolute atomic E-state index is 4.66. The highest BCUT2D eigenvalue weighted by Gasteiger charge is 2.21. The molecule has 3 heterocycles. The Morgan fingerprint density at radius 3 is 2.72 bits per heavy atom. The molecule has 0 aliphatic carbocycles. The number of nitrogens with zero attached hydrogens (tertiary/aromatic N) is 3. The molecule has 4 rings (SSSR count). The van der Waals surface area contributed by atoms with E-state index in [-0.39, 0.29) is 0 Å². The largest absolute Gasteiger partial charge is 0.314 e. The summed E-state index contributed by atoms with van der Waals surface area (Å²) in [5, 5.41) is 7.20. The van der Waals surface area contributed by atoms with Gasteiger partial charge in [-0.3, -0.25) is 9.88 Å². The van der Waals surface area contributed by atoms with Gasteiger partial charge in [-0.15, -0.1) is 0 Å². The third-order valence-corrected chi connectivity index (χ3v) is 6.16. The van der Waals surface area contributed by atoms with Crippen molar-refractivity contribution < 1.29 is 0 Å². The number of aryl methyl sites for hydroxylation is 1. The second-order valence-corrected chi connectivity index (χ2v) is 8.56. The smallest absolute Gasteiger partial charge is 0.0544 e. The molecule has 0 amide bonds. The fourth-order valence-corrected chi connectivity index (χ4v) is 4.47. The molecule has 1 atom stereocenters. The lowest BCUT2D eigenvalue weighted by Crippen LogP contribution is -2.46. The second kappa shape index (κ2) is 10.3. The number of hydrogen-bond donors (Lipinski definition) is 2. The number of benzene rings is 1. The zero-order valence-corrected chi connectivity index (χ0v) is 17.7. The van der Waals surface area contributed by atoms with Crippen molar-refractivity contribution >= 4 is 0 Å². The fourth-order valence-electron chi connectivity index (χ4n) is 4.47. The highest BCUT2D eigenvalue weighted by Crippen LogP contribution is 2.17. The van der Waals surface area contributed by atoms with E-state index in [1.54, 1.807) is 0 Å². The van der Waals surface area contributed by atoms with Crippen molar-refractivity contribution in [3.05, 3.63) is 65.0 Å². The van der Waals surface area contributed by atoms with E-state index in [1.165, 1.54) is 48.4 Å². The van der Waals surface area contributed by atoms with Crippen LogP contribution in [0.5, 0.6) is 0 Å². The summed E-state index contributed by atoms with van der Waals surface area (Å²) in [5.41, 5.74) is 5.36. The first kappa shape index (κ1) is 20.5. The van der Waals surface area contributed by atoms with Crippen LogP contribution >= 0.6 is 0 Å². The van der Waals surface area contributed by atoms with Crippen LogP contribution in [0.4, 0.5) is 0 Å². The van der Waals surface area contributed by atoms with E-state index in [9.17, 15) is 0 Å². The van der Waals surface area contributed by atoms with Gasteiger partial charge in [0.15, 0.2) is 0 Å². The Labute approximate surface area is 175 Å². The summed E-state index contributed by atoms with van der Waals surface area (Å²) in [6.45, 7) is 12.0. The Morgan fingerprint density at radius 1 is 1.10 bits per heavy atom. The van der Waals surface area contributed by atoms with Crippen LogP contribution in [0.25, 0.3) is 0 Å². The Bertz CT molecular complexity index is 754. The SMILES string of the molecule is Cc1ccc(CN(CCCN2CCNCC2)CC2Cc3ccccc3CN2)nc1. The quantitative estimate of drug-likeness (QED) is 0.720. The molecular formula is C24H35N5. The van der Waals surface area contributed by atoms with Crippen LogP contribution in [-0.2, 0) is 19.5 Å². The minimum Gasteiger partial charge on any atom is -0.314 e. The molecule has 2 aliphatic heterocycles.